The summed E-state index contributed by atoms with van der Waals surface area (Å²) >= 11 is 0. The summed E-state index contributed by atoms with van der Waals surface area (Å²) in [5, 5.41) is 3.57. The van der Waals surface area contributed by atoms with Gasteiger partial charge in [0.15, 0.2) is 0 Å². The van der Waals surface area contributed by atoms with E-state index in [9.17, 15) is 4.79 Å². The summed E-state index contributed by atoms with van der Waals surface area (Å²) in [6, 6.07) is 0.437. The summed E-state index contributed by atoms with van der Waals surface area (Å²) in [5.74, 6) is 1.02. The van der Waals surface area contributed by atoms with E-state index >= 15 is 0 Å². The summed E-state index contributed by atoms with van der Waals surface area (Å²) in [6.07, 6.45) is 7.51. The lowest BCUT2D eigenvalue weighted by atomic mass is 10.0. The van der Waals surface area contributed by atoms with Gasteiger partial charge in [-0.05, 0) is 38.5 Å². The molecule has 0 aromatic carbocycles. The van der Waals surface area contributed by atoms with E-state index < -0.39 is 0 Å². The topological polar surface area (TPSA) is 32.3 Å². The first kappa shape index (κ1) is 12.9. The predicted molar refractivity (Wildman–Crippen MR) is 69.6 cm³/mol. The highest BCUT2D eigenvalue weighted by Crippen LogP contribution is 2.33. The first-order valence-electron chi connectivity index (χ1n) is 7.27. The fourth-order valence-electron chi connectivity index (χ4n) is 3.29. The minimum Gasteiger partial charge on any atom is -0.323 e. The second-order valence-electron chi connectivity index (χ2n) is 5.62. The Morgan fingerprint density at radius 2 is 2.00 bits per heavy atom. The summed E-state index contributed by atoms with van der Waals surface area (Å²) in [4.78, 5) is 14.5. The van der Waals surface area contributed by atoms with E-state index in [2.05, 4.69) is 31.0 Å². The Balaban J connectivity index is 2.13. The van der Waals surface area contributed by atoms with E-state index in [4.69, 9.17) is 0 Å². The smallest absolute Gasteiger partial charge is 0.241 e. The molecule has 0 radical (unpaired) electrons. The lowest BCUT2D eigenvalue weighted by Crippen LogP contribution is -2.46. The fraction of sp³-hybridized carbons (Fsp3) is 0.929. The van der Waals surface area contributed by atoms with Crippen LogP contribution in [-0.2, 0) is 4.79 Å². The second-order valence-corrected chi connectivity index (χ2v) is 5.62. The number of hydrogen-bond donors (Lipinski definition) is 1. The van der Waals surface area contributed by atoms with E-state index in [1.807, 2.05) is 0 Å². The van der Waals surface area contributed by atoms with Gasteiger partial charge in [-0.1, -0.05) is 26.7 Å². The van der Waals surface area contributed by atoms with Gasteiger partial charge in [-0.3, -0.25) is 10.1 Å². The zero-order valence-corrected chi connectivity index (χ0v) is 11.4. The molecule has 98 valence electrons. The van der Waals surface area contributed by atoms with E-state index in [-0.39, 0.29) is 6.04 Å². The van der Waals surface area contributed by atoms with Crippen molar-refractivity contribution in [1.29, 1.82) is 0 Å². The molecule has 3 heteroatoms. The summed E-state index contributed by atoms with van der Waals surface area (Å²) in [6.45, 7) is 6.45. The molecule has 2 rings (SSSR count). The molecule has 3 unspecified atom stereocenters. The minimum atomic E-state index is 0.0644. The SMILES string of the molecule is CCC1NC(C2CCCC2)N(C(C)CC)C1=O. The van der Waals surface area contributed by atoms with E-state index in [0.717, 1.165) is 12.8 Å². The van der Waals surface area contributed by atoms with Gasteiger partial charge in [-0.15, -0.1) is 0 Å². The third kappa shape index (κ3) is 2.35. The van der Waals surface area contributed by atoms with Crippen molar-refractivity contribution in [3.05, 3.63) is 0 Å². The number of nitrogens with one attached hydrogen (secondary N) is 1. The maximum atomic E-state index is 12.4. The molecule has 1 aliphatic carbocycles. The lowest BCUT2D eigenvalue weighted by Gasteiger charge is -2.33. The van der Waals surface area contributed by atoms with Crippen LogP contribution in [0.2, 0.25) is 0 Å². The Morgan fingerprint density at radius 3 is 2.53 bits per heavy atom. The Labute approximate surface area is 105 Å². The maximum Gasteiger partial charge on any atom is 0.241 e. The van der Waals surface area contributed by atoms with Crippen molar-refractivity contribution in [2.24, 2.45) is 5.92 Å². The number of carbonyl (C=O) groups is 1. The van der Waals surface area contributed by atoms with Gasteiger partial charge in [-0.2, -0.15) is 0 Å². The van der Waals surface area contributed by atoms with Gasteiger partial charge in [0, 0.05) is 6.04 Å². The van der Waals surface area contributed by atoms with Crippen molar-refractivity contribution < 1.29 is 4.79 Å². The summed E-state index contributed by atoms with van der Waals surface area (Å²) in [7, 11) is 0. The molecule has 1 amide bonds. The Morgan fingerprint density at radius 1 is 1.35 bits per heavy atom. The fourth-order valence-corrected chi connectivity index (χ4v) is 3.29. The first-order chi connectivity index (χ1) is 8.19. The Hall–Kier alpha value is -0.570. The molecular weight excluding hydrogens is 212 g/mol. The zero-order chi connectivity index (χ0) is 12.4. The zero-order valence-electron chi connectivity index (χ0n) is 11.4. The molecule has 0 bridgehead atoms. The van der Waals surface area contributed by atoms with Crippen LogP contribution in [-0.4, -0.2) is 29.1 Å². The third-order valence-electron chi connectivity index (χ3n) is 4.54. The molecule has 1 heterocycles. The van der Waals surface area contributed by atoms with Crippen molar-refractivity contribution in [2.45, 2.75) is 77.5 Å². The van der Waals surface area contributed by atoms with Crippen molar-refractivity contribution in [3.63, 3.8) is 0 Å². The van der Waals surface area contributed by atoms with E-state index in [0.29, 0.717) is 24.0 Å². The molecule has 0 aromatic rings. The Bertz CT molecular complexity index is 273. The normalized spacial score (nSPS) is 32.4. The van der Waals surface area contributed by atoms with Crippen molar-refractivity contribution in [2.75, 3.05) is 0 Å². The molecule has 2 aliphatic rings. The first-order valence-corrected chi connectivity index (χ1v) is 7.27. The van der Waals surface area contributed by atoms with Crippen LogP contribution in [0.25, 0.3) is 0 Å². The molecular formula is C14H26N2O. The monoisotopic (exact) mass is 238 g/mol. The largest absolute Gasteiger partial charge is 0.323 e. The van der Waals surface area contributed by atoms with Crippen LogP contribution in [0.5, 0.6) is 0 Å². The number of amides is 1. The van der Waals surface area contributed by atoms with Crippen LogP contribution in [0.15, 0.2) is 0 Å². The second kappa shape index (κ2) is 5.38. The molecule has 0 spiro atoms. The molecule has 1 saturated heterocycles. The standard InChI is InChI=1S/C14H26N2O/c1-4-10(3)16-13(11-8-6-7-9-11)15-12(5-2)14(16)17/h10-13,15H,4-9H2,1-3H3. The van der Waals surface area contributed by atoms with Gasteiger partial charge in [0.25, 0.3) is 0 Å². The summed E-state index contributed by atoms with van der Waals surface area (Å²) < 4.78 is 0. The summed E-state index contributed by atoms with van der Waals surface area (Å²) in [5.41, 5.74) is 0. The average molecular weight is 238 g/mol. The third-order valence-corrected chi connectivity index (χ3v) is 4.54. The van der Waals surface area contributed by atoms with E-state index in [1.165, 1.54) is 25.7 Å². The molecule has 1 aliphatic heterocycles. The van der Waals surface area contributed by atoms with Crippen molar-refractivity contribution >= 4 is 5.91 Å². The van der Waals surface area contributed by atoms with Crippen molar-refractivity contribution in [3.8, 4) is 0 Å². The highest BCUT2D eigenvalue weighted by atomic mass is 16.2. The lowest BCUT2D eigenvalue weighted by molar-refractivity contribution is -0.132. The molecule has 3 nitrogen and oxygen atoms in total. The van der Waals surface area contributed by atoms with E-state index in [1.54, 1.807) is 0 Å². The van der Waals surface area contributed by atoms with Crippen LogP contribution < -0.4 is 5.32 Å². The number of rotatable bonds is 4. The quantitative estimate of drug-likeness (QED) is 0.816. The molecule has 1 saturated carbocycles. The molecule has 0 aromatic heterocycles. The van der Waals surface area contributed by atoms with Crippen LogP contribution >= 0.6 is 0 Å². The molecule has 3 atom stereocenters. The number of carbonyl (C=O) groups excluding carboxylic acids is 1. The van der Waals surface area contributed by atoms with Crippen LogP contribution in [0, 0.1) is 5.92 Å². The molecule has 17 heavy (non-hydrogen) atoms. The maximum absolute atomic E-state index is 12.4. The van der Waals surface area contributed by atoms with Crippen LogP contribution in [0.3, 0.4) is 0 Å². The van der Waals surface area contributed by atoms with Gasteiger partial charge in [0.2, 0.25) is 5.91 Å². The van der Waals surface area contributed by atoms with Gasteiger partial charge < -0.3 is 4.90 Å². The van der Waals surface area contributed by atoms with Gasteiger partial charge in [-0.25, -0.2) is 0 Å². The van der Waals surface area contributed by atoms with Gasteiger partial charge in [0.1, 0.15) is 0 Å². The van der Waals surface area contributed by atoms with Gasteiger partial charge in [0.05, 0.1) is 12.2 Å². The molecule has 2 fully saturated rings. The number of nitrogens with zero attached hydrogens (tertiary/aromatic N) is 1. The van der Waals surface area contributed by atoms with Crippen LogP contribution in [0.1, 0.15) is 59.3 Å². The Kier molecular flexibility index (Phi) is 4.08. The predicted octanol–water partition coefficient (Wildman–Crippen LogP) is 2.51. The van der Waals surface area contributed by atoms with Gasteiger partial charge >= 0.3 is 0 Å². The minimum absolute atomic E-state index is 0.0644. The number of hydrogen-bond acceptors (Lipinski definition) is 2. The average Bonchev–Trinajstić information content (AvgIpc) is 2.95. The highest BCUT2D eigenvalue weighted by molar-refractivity contribution is 5.84. The van der Waals surface area contributed by atoms with Crippen molar-refractivity contribution in [1.82, 2.24) is 10.2 Å². The highest BCUT2D eigenvalue weighted by Gasteiger charge is 2.43. The molecule has 1 N–H and O–H groups in total. The van der Waals surface area contributed by atoms with Crippen LogP contribution in [0.4, 0.5) is 0 Å².